The van der Waals surface area contributed by atoms with Gasteiger partial charge in [-0.1, -0.05) is 19.3 Å². The summed E-state index contributed by atoms with van der Waals surface area (Å²) in [7, 11) is 0. The standard InChI is InChI=1S/C16H28N2O2/c19-16-10-15(17-14-6-8-20-9-7-14)12-18(16)11-13-4-2-1-3-5-13/h13-15,17H,1-12H2/t15-/m1/s1. The van der Waals surface area contributed by atoms with Crippen LogP contribution in [0.1, 0.15) is 51.4 Å². The average Bonchev–Trinajstić information content (AvgIpc) is 2.81. The second-order valence-electron chi connectivity index (χ2n) is 6.76. The van der Waals surface area contributed by atoms with Crippen molar-refractivity contribution in [3.63, 3.8) is 0 Å². The molecule has 1 saturated carbocycles. The summed E-state index contributed by atoms with van der Waals surface area (Å²) in [4.78, 5) is 14.3. The predicted octanol–water partition coefficient (Wildman–Crippen LogP) is 1.94. The molecule has 20 heavy (non-hydrogen) atoms. The summed E-state index contributed by atoms with van der Waals surface area (Å²) in [5.74, 6) is 1.12. The van der Waals surface area contributed by atoms with Gasteiger partial charge in [0.2, 0.25) is 5.91 Å². The fraction of sp³-hybridized carbons (Fsp3) is 0.938. The Morgan fingerprint density at radius 2 is 1.80 bits per heavy atom. The molecule has 2 saturated heterocycles. The molecule has 0 unspecified atom stereocenters. The fourth-order valence-corrected chi connectivity index (χ4v) is 3.94. The van der Waals surface area contributed by atoms with Gasteiger partial charge in [0.15, 0.2) is 0 Å². The molecule has 2 heterocycles. The molecule has 0 aromatic carbocycles. The van der Waals surface area contributed by atoms with E-state index in [9.17, 15) is 4.79 Å². The van der Waals surface area contributed by atoms with Crippen molar-refractivity contribution >= 4 is 5.91 Å². The van der Waals surface area contributed by atoms with E-state index in [2.05, 4.69) is 10.2 Å². The first-order valence-electron chi connectivity index (χ1n) is 8.43. The lowest BCUT2D eigenvalue weighted by Gasteiger charge is -2.28. The molecule has 3 rings (SSSR count). The van der Waals surface area contributed by atoms with Gasteiger partial charge in [0, 0.05) is 44.8 Å². The molecule has 0 bridgehead atoms. The van der Waals surface area contributed by atoms with Gasteiger partial charge in [0.05, 0.1) is 0 Å². The van der Waals surface area contributed by atoms with Crippen LogP contribution in [0.25, 0.3) is 0 Å². The molecule has 1 aliphatic carbocycles. The highest BCUT2D eigenvalue weighted by Crippen LogP contribution is 2.26. The lowest BCUT2D eigenvalue weighted by molar-refractivity contribution is -0.128. The van der Waals surface area contributed by atoms with E-state index in [1.54, 1.807) is 0 Å². The topological polar surface area (TPSA) is 41.6 Å². The number of carbonyl (C=O) groups excluding carboxylic acids is 1. The van der Waals surface area contributed by atoms with E-state index in [4.69, 9.17) is 4.74 Å². The first-order chi connectivity index (χ1) is 9.81. The van der Waals surface area contributed by atoms with E-state index in [1.165, 1.54) is 32.1 Å². The van der Waals surface area contributed by atoms with Crippen LogP contribution in [0.15, 0.2) is 0 Å². The number of nitrogens with one attached hydrogen (secondary N) is 1. The Morgan fingerprint density at radius 3 is 2.55 bits per heavy atom. The van der Waals surface area contributed by atoms with Crippen molar-refractivity contribution in [2.45, 2.75) is 63.5 Å². The number of hydrogen-bond acceptors (Lipinski definition) is 3. The molecule has 2 aliphatic heterocycles. The minimum atomic E-state index is 0.361. The van der Waals surface area contributed by atoms with Crippen LogP contribution in [0.3, 0.4) is 0 Å². The lowest BCUT2D eigenvalue weighted by Crippen LogP contribution is -2.43. The van der Waals surface area contributed by atoms with Crippen molar-refractivity contribution in [2.24, 2.45) is 5.92 Å². The summed E-state index contributed by atoms with van der Waals surface area (Å²) in [5.41, 5.74) is 0. The fourth-order valence-electron chi connectivity index (χ4n) is 3.94. The van der Waals surface area contributed by atoms with Gasteiger partial charge in [0.1, 0.15) is 0 Å². The SMILES string of the molecule is O=C1C[C@@H](NC2CCOCC2)CN1CC1CCCCC1. The smallest absolute Gasteiger partial charge is 0.224 e. The second-order valence-corrected chi connectivity index (χ2v) is 6.76. The monoisotopic (exact) mass is 280 g/mol. The van der Waals surface area contributed by atoms with E-state index >= 15 is 0 Å². The van der Waals surface area contributed by atoms with Crippen LogP contribution in [0, 0.1) is 5.92 Å². The summed E-state index contributed by atoms with van der Waals surface area (Å²) in [6, 6.07) is 0.922. The van der Waals surface area contributed by atoms with Crippen molar-refractivity contribution in [3.05, 3.63) is 0 Å². The lowest BCUT2D eigenvalue weighted by atomic mass is 9.89. The first kappa shape index (κ1) is 14.3. The third-order valence-electron chi connectivity index (χ3n) is 5.11. The van der Waals surface area contributed by atoms with Crippen LogP contribution in [0.5, 0.6) is 0 Å². The Hall–Kier alpha value is -0.610. The predicted molar refractivity (Wildman–Crippen MR) is 78.5 cm³/mol. The molecule has 0 aromatic rings. The highest BCUT2D eigenvalue weighted by molar-refractivity contribution is 5.79. The van der Waals surface area contributed by atoms with Gasteiger partial charge in [-0.3, -0.25) is 4.79 Å². The molecule has 114 valence electrons. The molecule has 3 aliphatic rings. The molecule has 0 aromatic heterocycles. The van der Waals surface area contributed by atoms with Crippen LogP contribution in [0.4, 0.5) is 0 Å². The molecule has 0 radical (unpaired) electrons. The Morgan fingerprint density at radius 1 is 1.05 bits per heavy atom. The van der Waals surface area contributed by atoms with Crippen molar-refractivity contribution < 1.29 is 9.53 Å². The normalized spacial score (nSPS) is 30.1. The van der Waals surface area contributed by atoms with Crippen LogP contribution in [-0.4, -0.2) is 49.2 Å². The van der Waals surface area contributed by atoms with Crippen molar-refractivity contribution in [1.82, 2.24) is 10.2 Å². The van der Waals surface area contributed by atoms with E-state index in [-0.39, 0.29) is 0 Å². The van der Waals surface area contributed by atoms with E-state index in [0.29, 0.717) is 24.4 Å². The van der Waals surface area contributed by atoms with Crippen LogP contribution in [0.2, 0.25) is 0 Å². The Labute approximate surface area is 122 Å². The van der Waals surface area contributed by atoms with Crippen LogP contribution < -0.4 is 5.32 Å². The first-order valence-corrected chi connectivity index (χ1v) is 8.43. The third kappa shape index (κ3) is 3.73. The van der Waals surface area contributed by atoms with Gasteiger partial charge in [-0.25, -0.2) is 0 Å². The molecule has 1 N–H and O–H groups in total. The zero-order valence-electron chi connectivity index (χ0n) is 12.5. The maximum absolute atomic E-state index is 12.2. The van der Waals surface area contributed by atoms with E-state index < -0.39 is 0 Å². The number of carbonyl (C=O) groups is 1. The summed E-state index contributed by atoms with van der Waals surface area (Å²) in [6.07, 6.45) is 9.62. The van der Waals surface area contributed by atoms with Gasteiger partial charge in [-0.2, -0.15) is 0 Å². The number of nitrogens with zero attached hydrogens (tertiary/aromatic N) is 1. The molecule has 3 fully saturated rings. The molecule has 1 atom stereocenters. The Kier molecular flexibility index (Phi) is 4.94. The highest BCUT2D eigenvalue weighted by Gasteiger charge is 2.32. The van der Waals surface area contributed by atoms with Crippen molar-refractivity contribution in [1.29, 1.82) is 0 Å². The number of hydrogen-bond donors (Lipinski definition) is 1. The number of amides is 1. The molecule has 4 nitrogen and oxygen atoms in total. The number of rotatable bonds is 4. The van der Waals surface area contributed by atoms with Crippen LogP contribution in [-0.2, 0) is 9.53 Å². The van der Waals surface area contributed by atoms with Gasteiger partial charge in [-0.05, 0) is 31.6 Å². The molecule has 1 amide bonds. The second kappa shape index (κ2) is 6.90. The molecule has 4 heteroatoms. The van der Waals surface area contributed by atoms with Crippen molar-refractivity contribution in [2.75, 3.05) is 26.3 Å². The largest absolute Gasteiger partial charge is 0.381 e. The van der Waals surface area contributed by atoms with E-state index in [0.717, 1.165) is 45.1 Å². The summed E-state index contributed by atoms with van der Waals surface area (Å²) < 4.78 is 5.39. The maximum atomic E-state index is 12.2. The minimum absolute atomic E-state index is 0.361. The average molecular weight is 280 g/mol. The zero-order chi connectivity index (χ0) is 13.8. The summed E-state index contributed by atoms with van der Waals surface area (Å²) >= 11 is 0. The van der Waals surface area contributed by atoms with E-state index in [1.807, 2.05) is 0 Å². The summed E-state index contributed by atoms with van der Waals surface area (Å²) in [6.45, 7) is 3.66. The molecule has 0 spiro atoms. The number of ether oxygens (including phenoxy) is 1. The Bertz CT molecular complexity index is 322. The zero-order valence-corrected chi connectivity index (χ0v) is 12.5. The van der Waals surface area contributed by atoms with Gasteiger partial charge >= 0.3 is 0 Å². The van der Waals surface area contributed by atoms with Gasteiger partial charge < -0.3 is 15.0 Å². The minimum Gasteiger partial charge on any atom is -0.381 e. The van der Waals surface area contributed by atoms with Gasteiger partial charge in [0.25, 0.3) is 0 Å². The maximum Gasteiger partial charge on any atom is 0.224 e. The Balaban J connectivity index is 1.44. The van der Waals surface area contributed by atoms with Crippen molar-refractivity contribution in [3.8, 4) is 0 Å². The summed E-state index contributed by atoms with van der Waals surface area (Å²) in [5, 5.41) is 3.67. The highest BCUT2D eigenvalue weighted by atomic mass is 16.5. The number of likely N-dealkylation sites (tertiary alicyclic amines) is 1. The molecular weight excluding hydrogens is 252 g/mol. The third-order valence-corrected chi connectivity index (χ3v) is 5.11. The quantitative estimate of drug-likeness (QED) is 0.855. The molecular formula is C16H28N2O2. The van der Waals surface area contributed by atoms with Gasteiger partial charge in [-0.15, -0.1) is 0 Å². The van der Waals surface area contributed by atoms with Crippen LogP contribution >= 0.6 is 0 Å².